The molecule has 0 unspecified atom stereocenters. The van der Waals surface area contributed by atoms with Crippen LogP contribution < -0.4 is 16.8 Å². The Labute approximate surface area is 104 Å². The van der Waals surface area contributed by atoms with Crippen molar-refractivity contribution in [2.45, 2.75) is 4.90 Å². The maximum atomic E-state index is 5.59. The second-order valence-corrected chi connectivity index (χ2v) is 4.27. The fourth-order valence-electron chi connectivity index (χ4n) is 1.40. The molecule has 2 aromatic rings. The van der Waals surface area contributed by atoms with Gasteiger partial charge in [-0.1, -0.05) is 6.07 Å². The lowest BCUT2D eigenvalue weighted by Gasteiger charge is -2.07. The molecule has 17 heavy (non-hydrogen) atoms. The molecule has 0 spiro atoms. The second-order valence-electron chi connectivity index (χ2n) is 3.39. The summed E-state index contributed by atoms with van der Waals surface area (Å²) >= 11 is 1.68. The first kappa shape index (κ1) is 11.5. The summed E-state index contributed by atoms with van der Waals surface area (Å²) in [5.74, 6) is 1.10. The van der Waals surface area contributed by atoms with E-state index in [4.69, 9.17) is 11.5 Å². The van der Waals surface area contributed by atoms with E-state index in [2.05, 4.69) is 15.3 Å². The van der Waals surface area contributed by atoms with Gasteiger partial charge in [-0.2, -0.15) is 9.97 Å². The van der Waals surface area contributed by atoms with E-state index in [0.717, 1.165) is 5.69 Å². The van der Waals surface area contributed by atoms with E-state index in [-0.39, 0.29) is 5.95 Å². The van der Waals surface area contributed by atoms with Crippen LogP contribution in [0.15, 0.2) is 35.2 Å². The molecule has 6 heteroatoms. The van der Waals surface area contributed by atoms with Crippen molar-refractivity contribution in [2.75, 3.05) is 23.0 Å². The SMILES string of the molecule is CSc1cccc(Nc2cc(N)nc(N)n2)c1. The van der Waals surface area contributed by atoms with Gasteiger partial charge in [0.2, 0.25) is 5.95 Å². The van der Waals surface area contributed by atoms with Gasteiger partial charge in [0, 0.05) is 16.6 Å². The summed E-state index contributed by atoms with van der Waals surface area (Å²) in [5, 5.41) is 3.14. The first-order chi connectivity index (χ1) is 8.17. The Bertz CT molecular complexity index is 509. The molecule has 1 aromatic heterocycles. The summed E-state index contributed by atoms with van der Waals surface area (Å²) in [6.07, 6.45) is 2.03. The molecule has 0 radical (unpaired) electrons. The van der Waals surface area contributed by atoms with Crippen LogP contribution in [0.5, 0.6) is 0 Å². The third kappa shape index (κ3) is 3.01. The van der Waals surface area contributed by atoms with Crippen molar-refractivity contribution in [3.8, 4) is 0 Å². The fraction of sp³-hybridized carbons (Fsp3) is 0.0909. The van der Waals surface area contributed by atoms with Gasteiger partial charge in [0.15, 0.2) is 0 Å². The van der Waals surface area contributed by atoms with Crippen molar-refractivity contribution in [1.82, 2.24) is 9.97 Å². The molecule has 0 saturated carbocycles. The van der Waals surface area contributed by atoms with Gasteiger partial charge in [0.25, 0.3) is 0 Å². The number of aromatic nitrogens is 2. The average Bonchev–Trinajstić information content (AvgIpc) is 2.28. The molecule has 2 rings (SSSR count). The first-order valence-electron chi connectivity index (χ1n) is 4.98. The van der Waals surface area contributed by atoms with E-state index >= 15 is 0 Å². The zero-order chi connectivity index (χ0) is 12.3. The molecule has 0 fully saturated rings. The number of thioether (sulfide) groups is 1. The zero-order valence-electron chi connectivity index (χ0n) is 9.34. The predicted molar refractivity (Wildman–Crippen MR) is 72.4 cm³/mol. The van der Waals surface area contributed by atoms with E-state index in [1.54, 1.807) is 17.8 Å². The number of anilines is 4. The minimum absolute atomic E-state index is 0.161. The Morgan fingerprint density at radius 1 is 1.18 bits per heavy atom. The van der Waals surface area contributed by atoms with Crippen LogP contribution in [-0.4, -0.2) is 16.2 Å². The minimum Gasteiger partial charge on any atom is -0.383 e. The van der Waals surface area contributed by atoms with Gasteiger partial charge in [-0.3, -0.25) is 0 Å². The summed E-state index contributed by atoms with van der Waals surface area (Å²) in [6, 6.07) is 9.64. The molecule has 0 bridgehead atoms. The van der Waals surface area contributed by atoms with E-state index in [1.807, 2.05) is 30.5 Å². The normalized spacial score (nSPS) is 10.2. The number of nitrogens with two attached hydrogens (primary N) is 2. The molecule has 5 N–H and O–H groups in total. The number of nitrogens with zero attached hydrogens (tertiary/aromatic N) is 2. The van der Waals surface area contributed by atoms with Crippen molar-refractivity contribution < 1.29 is 0 Å². The lowest BCUT2D eigenvalue weighted by Crippen LogP contribution is -2.02. The highest BCUT2D eigenvalue weighted by Crippen LogP contribution is 2.22. The Hall–Kier alpha value is -1.95. The van der Waals surface area contributed by atoms with Crippen molar-refractivity contribution in [1.29, 1.82) is 0 Å². The van der Waals surface area contributed by atoms with Crippen LogP contribution in [0.2, 0.25) is 0 Å². The average molecular weight is 247 g/mol. The summed E-state index contributed by atoms with van der Waals surface area (Å²) in [7, 11) is 0. The second kappa shape index (κ2) is 4.92. The van der Waals surface area contributed by atoms with Crippen LogP contribution in [-0.2, 0) is 0 Å². The predicted octanol–water partition coefficient (Wildman–Crippen LogP) is 2.11. The first-order valence-corrected chi connectivity index (χ1v) is 6.21. The van der Waals surface area contributed by atoms with Crippen LogP contribution in [0.1, 0.15) is 0 Å². The summed E-state index contributed by atoms with van der Waals surface area (Å²) < 4.78 is 0. The zero-order valence-corrected chi connectivity index (χ0v) is 10.2. The standard InChI is InChI=1S/C11H13N5S/c1-17-8-4-2-3-7(5-8)14-10-6-9(12)15-11(13)16-10/h2-6H,1H3,(H5,12,13,14,15,16). The number of nitrogen functional groups attached to an aromatic ring is 2. The van der Waals surface area contributed by atoms with Crippen LogP contribution in [0, 0.1) is 0 Å². The summed E-state index contributed by atoms with van der Waals surface area (Å²) in [5.41, 5.74) is 12.1. The minimum atomic E-state index is 0.161. The van der Waals surface area contributed by atoms with Crippen molar-refractivity contribution >= 4 is 35.0 Å². The number of rotatable bonds is 3. The summed E-state index contributed by atoms with van der Waals surface area (Å²) in [6.45, 7) is 0. The highest BCUT2D eigenvalue weighted by molar-refractivity contribution is 7.98. The lowest BCUT2D eigenvalue weighted by atomic mass is 10.3. The van der Waals surface area contributed by atoms with Crippen molar-refractivity contribution in [3.05, 3.63) is 30.3 Å². The molecular weight excluding hydrogens is 234 g/mol. The lowest BCUT2D eigenvalue weighted by molar-refractivity contribution is 1.19. The van der Waals surface area contributed by atoms with E-state index in [9.17, 15) is 0 Å². The fourth-order valence-corrected chi connectivity index (χ4v) is 1.86. The van der Waals surface area contributed by atoms with E-state index < -0.39 is 0 Å². The highest BCUT2D eigenvalue weighted by atomic mass is 32.2. The largest absolute Gasteiger partial charge is 0.383 e. The number of benzene rings is 1. The number of hydrogen-bond donors (Lipinski definition) is 3. The maximum absolute atomic E-state index is 5.59. The van der Waals surface area contributed by atoms with Gasteiger partial charge in [-0.15, -0.1) is 11.8 Å². The van der Waals surface area contributed by atoms with Gasteiger partial charge < -0.3 is 16.8 Å². The van der Waals surface area contributed by atoms with Crippen LogP contribution >= 0.6 is 11.8 Å². The van der Waals surface area contributed by atoms with Crippen molar-refractivity contribution in [2.24, 2.45) is 0 Å². The van der Waals surface area contributed by atoms with Gasteiger partial charge in [-0.05, 0) is 24.5 Å². The highest BCUT2D eigenvalue weighted by Gasteiger charge is 2.01. The molecule has 1 aromatic carbocycles. The van der Waals surface area contributed by atoms with Crippen molar-refractivity contribution in [3.63, 3.8) is 0 Å². The Morgan fingerprint density at radius 3 is 2.71 bits per heavy atom. The molecule has 0 saturated heterocycles. The molecular formula is C11H13N5S. The third-order valence-corrected chi connectivity index (χ3v) is 2.83. The van der Waals surface area contributed by atoms with E-state index in [1.165, 1.54) is 4.90 Å². The monoisotopic (exact) mass is 247 g/mol. The van der Waals surface area contributed by atoms with E-state index in [0.29, 0.717) is 11.6 Å². The summed E-state index contributed by atoms with van der Waals surface area (Å²) in [4.78, 5) is 9.03. The molecule has 1 heterocycles. The number of nitrogens with one attached hydrogen (secondary N) is 1. The van der Waals surface area contributed by atoms with Gasteiger partial charge >= 0.3 is 0 Å². The van der Waals surface area contributed by atoms with Crippen LogP contribution in [0.3, 0.4) is 0 Å². The molecule has 88 valence electrons. The van der Waals surface area contributed by atoms with Gasteiger partial charge in [-0.25, -0.2) is 0 Å². The molecule has 0 aliphatic rings. The quantitative estimate of drug-likeness (QED) is 0.720. The van der Waals surface area contributed by atoms with Crippen LogP contribution in [0.4, 0.5) is 23.3 Å². The topological polar surface area (TPSA) is 89.8 Å². The molecule has 0 atom stereocenters. The van der Waals surface area contributed by atoms with Crippen LogP contribution in [0.25, 0.3) is 0 Å². The third-order valence-electron chi connectivity index (χ3n) is 2.11. The Morgan fingerprint density at radius 2 is 2.00 bits per heavy atom. The Kier molecular flexibility index (Phi) is 3.34. The molecule has 5 nitrogen and oxygen atoms in total. The maximum Gasteiger partial charge on any atom is 0.223 e. The Balaban J connectivity index is 2.24. The van der Waals surface area contributed by atoms with Gasteiger partial charge in [0.05, 0.1) is 0 Å². The molecule has 0 aliphatic carbocycles. The molecule has 0 aliphatic heterocycles. The smallest absolute Gasteiger partial charge is 0.223 e. The number of hydrogen-bond acceptors (Lipinski definition) is 6. The van der Waals surface area contributed by atoms with Gasteiger partial charge in [0.1, 0.15) is 11.6 Å². The molecule has 0 amide bonds.